The zero-order valence-corrected chi connectivity index (χ0v) is 10.6. The quantitative estimate of drug-likeness (QED) is 0.718. The molecule has 94 valence electrons. The highest BCUT2D eigenvalue weighted by molar-refractivity contribution is 5.86. The van der Waals surface area contributed by atoms with E-state index in [-0.39, 0.29) is 5.92 Å². The Hall–Kier alpha value is -1.83. The maximum Gasteiger partial charge on any atom is 0.293 e. The van der Waals surface area contributed by atoms with E-state index in [9.17, 15) is 4.79 Å². The van der Waals surface area contributed by atoms with Crippen LogP contribution in [0.25, 0.3) is 10.8 Å². The van der Waals surface area contributed by atoms with Crippen LogP contribution in [0, 0.1) is 0 Å². The lowest BCUT2D eigenvalue weighted by molar-refractivity contribution is -0.129. The molecule has 0 saturated heterocycles. The summed E-state index contributed by atoms with van der Waals surface area (Å²) in [5, 5.41) is 2.50. The van der Waals surface area contributed by atoms with E-state index in [2.05, 4.69) is 43.3 Å². The van der Waals surface area contributed by atoms with Crippen molar-refractivity contribution >= 4 is 17.2 Å². The summed E-state index contributed by atoms with van der Waals surface area (Å²) in [6.07, 6.45) is 2.11. The number of benzene rings is 2. The Labute approximate surface area is 108 Å². The summed E-state index contributed by atoms with van der Waals surface area (Å²) in [7, 11) is 0. The van der Waals surface area contributed by atoms with Crippen LogP contribution in [0.15, 0.2) is 42.5 Å². The molecule has 0 aliphatic carbocycles. The molecular weight excluding hydrogens is 224 g/mol. The van der Waals surface area contributed by atoms with Gasteiger partial charge in [0.1, 0.15) is 0 Å². The molecule has 0 bridgehead atoms. The maximum atomic E-state index is 10.4. The lowest BCUT2D eigenvalue weighted by Crippen LogP contribution is -2.07. The van der Waals surface area contributed by atoms with Crippen LogP contribution in [0.4, 0.5) is 0 Å². The second-order valence-electron chi connectivity index (χ2n) is 4.48. The standard InChI is InChI=1S/C16H18O2/c1-2-6-14(11-18-12-17)16-10-5-8-13-7-3-4-9-15(13)16/h3-5,7-10,12,14H,2,6,11H2,1H3. The predicted molar refractivity (Wildman–Crippen MR) is 73.6 cm³/mol. The van der Waals surface area contributed by atoms with Crippen molar-refractivity contribution in [3.63, 3.8) is 0 Å². The molecule has 0 N–H and O–H groups in total. The first kappa shape index (κ1) is 12.6. The molecule has 2 aromatic carbocycles. The van der Waals surface area contributed by atoms with Crippen LogP contribution < -0.4 is 0 Å². The summed E-state index contributed by atoms with van der Waals surface area (Å²) in [4.78, 5) is 10.4. The number of fused-ring (bicyclic) bond motifs is 1. The molecule has 1 atom stereocenters. The van der Waals surface area contributed by atoms with E-state index in [4.69, 9.17) is 4.74 Å². The van der Waals surface area contributed by atoms with Gasteiger partial charge in [0, 0.05) is 5.92 Å². The van der Waals surface area contributed by atoms with Gasteiger partial charge in [0.2, 0.25) is 0 Å². The molecule has 2 aromatic rings. The fourth-order valence-electron chi connectivity index (χ4n) is 2.44. The van der Waals surface area contributed by atoms with Crippen LogP contribution >= 0.6 is 0 Å². The minimum atomic E-state index is 0.284. The fourth-order valence-corrected chi connectivity index (χ4v) is 2.44. The summed E-state index contributed by atoms with van der Waals surface area (Å²) in [6.45, 7) is 3.15. The molecule has 2 heteroatoms. The van der Waals surface area contributed by atoms with E-state index < -0.39 is 0 Å². The predicted octanol–water partition coefficient (Wildman–Crippen LogP) is 3.90. The van der Waals surface area contributed by atoms with Crippen molar-refractivity contribution < 1.29 is 9.53 Å². The third-order valence-electron chi connectivity index (χ3n) is 3.27. The first-order chi connectivity index (χ1) is 8.86. The normalized spacial score (nSPS) is 12.3. The monoisotopic (exact) mass is 242 g/mol. The third kappa shape index (κ3) is 2.70. The Morgan fingerprint density at radius 2 is 1.94 bits per heavy atom. The van der Waals surface area contributed by atoms with Crippen molar-refractivity contribution in [3.05, 3.63) is 48.0 Å². The van der Waals surface area contributed by atoms with Crippen molar-refractivity contribution in [2.24, 2.45) is 0 Å². The minimum Gasteiger partial charge on any atom is -0.467 e. The average Bonchev–Trinajstić information content (AvgIpc) is 2.43. The number of hydrogen-bond donors (Lipinski definition) is 0. The molecule has 2 rings (SSSR count). The number of hydrogen-bond acceptors (Lipinski definition) is 2. The molecule has 0 radical (unpaired) electrons. The first-order valence-electron chi connectivity index (χ1n) is 6.39. The molecular formula is C16H18O2. The summed E-state index contributed by atoms with van der Waals surface area (Å²) in [6, 6.07) is 14.7. The minimum absolute atomic E-state index is 0.284. The lowest BCUT2D eigenvalue weighted by atomic mass is 9.91. The maximum absolute atomic E-state index is 10.4. The van der Waals surface area contributed by atoms with Gasteiger partial charge in [0.25, 0.3) is 6.47 Å². The smallest absolute Gasteiger partial charge is 0.293 e. The van der Waals surface area contributed by atoms with Crippen molar-refractivity contribution in [2.75, 3.05) is 6.61 Å². The van der Waals surface area contributed by atoms with E-state index in [1.165, 1.54) is 16.3 Å². The van der Waals surface area contributed by atoms with Crippen LogP contribution in [0.3, 0.4) is 0 Å². The van der Waals surface area contributed by atoms with E-state index in [0.29, 0.717) is 13.1 Å². The molecule has 0 saturated carbocycles. The van der Waals surface area contributed by atoms with Gasteiger partial charge in [-0.2, -0.15) is 0 Å². The molecule has 0 fully saturated rings. The molecule has 1 unspecified atom stereocenters. The topological polar surface area (TPSA) is 26.3 Å². The Balaban J connectivity index is 2.39. The Morgan fingerprint density at radius 3 is 2.72 bits per heavy atom. The van der Waals surface area contributed by atoms with Crippen LogP contribution in [0.1, 0.15) is 31.2 Å². The molecule has 0 aromatic heterocycles. The number of rotatable bonds is 6. The van der Waals surface area contributed by atoms with Crippen LogP contribution in [-0.4, -0.2) is 13.1 Å². The highest BCUT2D eigenvalue weighted by atomic mass is 16.5. The van der Waals surface area contributed by atoms with Crippen LogP contribution in [0.5, 0.6) is 0 Å². The van der Waals surface area contributed by atoms with E-state index in [0.717, 1.165) is 12.8 Å². The molecule has 0 spiro atoms. The van der Waals surface area contributed by atoms with Crippen molar-refractivity contribution in [3.8, 4) is 0 Å². The van der Waals surface area contributed by atoms with E-state index >= 15 is 0 Å². The van der Waals surface area contributed by atoms with Gasteiger partial charge in [-0.3, -0.25) is 4.79 Å². The number of carbonyl (C=O) groups is 1. The van der Waals surface area contributed by atoms with Gasteiger partial charge in [-0.25, -0.2) is 0 Å². The summed E-state index contributed by atoms with van der Waals surface area (Å²) in [5.41, 5.74) is 1.27. The van der Waals surface area contributed by atoms with Crippen molar-refractivity contribution in [1.29, 1.82) is 0 Å². The molecule has 0 aliphatic heterocycles. The SMILES string of the molecule is CCCC(COC=O)c1cccc2ccccc12. The van der Waals surface area contributed by atoms with Crippen molar-refractivity contribution in [1.82, 2.24) is 0 Å². The van der Waals surface area contributed by atoms with Crippen LogP contribution in [-0.2, 0) is 9.53 Å². The van der Waals surface area contributed by atoms with Gasteiger partial charge >= 0.3 is 0 Å². The zero-order valence-electron chi connectivity index (χ0n) is 10.6. The molecule has 18 heavy (non-hydrogen) atoms. The number of carbonyl (C=O) groups excluding carboxylic acids is 1. The van der Waals surface area contributed by atoms with Gasteiger partial charge in [-0.1, -0.05) is 55.8 Å². The second kappa shape index (κ2) is 6.20. The summed E-state index contributed by atoms with van der Waals surface area (Å²) in [5.74, 6) is 0.284. The zero-order chi connectivity index (χ0) is 12.8. The summed E-state index contributed by atoms with van der Waals surface area (Å²) >= 11 is 0. The third-order valence-corrected chi connectivity index (χ3v) is 3.27. The largest absolute Gasteiger partial charge is 0.467 e. The average molecular weight is 242 g/mol. The number of ether oxygens (including phenoxy) is 1. The second-order valence-corrected chi connectivity index (χ2v) is 4.48. The summed E-state index contributed by atoms with van der Waals surface area (Å²) < 4.78 is 4.97. The Bertz CT molecular complexity index is 514. The first-order valence-corrected chi connectivity index (χ1v) is 6.39. The van der Waals surface area contributed by atoms with E-state index in [1.807, 2.05) is 6.07 Å². The molecule has 0 aliphatic rings. The van der Waals surface area contributed by atoms with E-state index in [1.54, 1.807) is 0 Å². The van der Waals surface area contributed by atoms with Crippen LogP contribution in [0.2, 0.25) is 0 Å². The van der Waals surface area contributed by atoms with Gasteiger partial charge in [0.05, 0.1) is 6.61 Å². The van der Waals surface area contributed by atoms with Gasteiger partial charge in [-0.15, -0.1) is 0 Å². The molecule has 0 amide bonds. The lowest BCUT2D eigenvalue weighted by Gasteiger charge is -2.17. The van der Waals surface area contributed by atoms with Gasteiger partial charge in [-0.05, 0) is 22.8 Å². The molecule has 0 heterocycles. The van der Waals surface area contributed by atoms with Crippen molar-refractivity contribution in [2.45, 2.75) is 25.7 Å². The Kier molecular flexibility index (Phi) is 4.35. The Morgan fingerprint density at radius 1 is 1.17 bits per heavy atom. The molecule has 2 nitrogen and oxygen atoms in total. The highest BCUT2D eigenvalue weighted by Gasteiger charge is 2.13. The fraction of sp³-hybridized carbons (Fsp3) is 0.312. The highest BCUT2D eigenvalue weighted by Crippen LogP contribution is 2.28. The van der Waals surface area contributed by atoms with Gasteiger partial charge < -0.3 is 4.74 Å². The van der Waals surface area contributed by atoms with Gasteiger partial charge in [0.15, 0.2) is 0 Å².